The van der Waals surface area contributed by atoms with E-state index in [-0.39, 0.29) is 0 Å². The fourth-order valence-corrected chi connectivity index (χ4v) is 3.09. The molecule has 108 valence electrons. The lowest BCUT2D eigenvalue weighted by Crippen LogP contribution is -1.95. The normalized spacial score (nSPS) is 10.6. The summed E-state index contributed by atoms with van der Waals surface area (Å²) < 4.78 is 11.8. The summed E-state index contributed by atoms with van der Waals surface area (Å²) in [5.74, 6) is 1.53. The maximum atomic E-state index is 5.37. The second-order valence-electron chi connectivity index (χ2n) is 4.68. The molecule has 0 fully saturated rings. The topological polar surface area (TPSA) is 43.4 Å². The molecule has 1 N–H and O–H groups in total. The van der Waals surface area contributed by atoms with Gasteiger partial charge in [-0.2, -0.15) is 0 Å². The number of anilines is 2. The van der Waals surface area contributed by atoms with Crippen LogP contribution in [0.3, 0.4) is 0 Å². The van der Waals surface area contributed by atoms with Crippen LogP contribution in [0, 0.1) is 6.92 Å². The molecule has 0 aliphatic rings. The molecule has 0 spiro atoms. The van der Waals surface area contributed by atoms with Crippen LogP contribution in [0.1, 0.15) is 5.56 Å². The van der Waals surface area contributed by atoms with Gasteiger partial charge in [-0.3, -0.25) is 0 Å². The van der Waals surface area contributed by atoms with Crippen LogP contribution in [0.5, 0.6) is 11.5 Å². The Hall–Kier alpha value is -2.27. The number of nitrogens with one attached hydrogen (secondary N) is 1. The number of ether oxygens (including phenoxy) is 2. The smallest absolute Gasteiger partial charge is 0.188 e. The van der Waals surface area contributed by atoms with Crippen LogP contribution in [0.25, 0.3) is 10.2 Å². The van der Waals surface area contributed by atoms with Gasteiger partial charge in [-0.15, -0.1) is 0 Å². The zero-order chi connectivity index (χ0) is 14.8. The van der Waals surface area contributed by atoms with E-state index in [1.165, 1.54) is 10.3 Å². The summed E-state index contributed by atoms with van der Waals surface area (Å²) in [6, 6.07) is 11.9. The molecule has 0 aliphatic heterocycles. The fraction of sp³-hybridized carbons (Fsp3) is 0.188. The van der Waals surface area contributed by atoms with E-state index in [0.29, 0.717) is 0 Å². The van der Waals surface area contributed by atoms with Crippen LogP contribution >= 0.6 is 11.3 Å². The Balaban J connectivity index is 1.97. The Morgan fingerprint density at radius 2 is 1.90 bits per heavy atom. The molecule has 1 aromatic heterocycles. The molecule has 0 saturated carbocycles. The maximum Gasteiger partial charge on any atom is 0.188 e. The molecule has 2 aromatic carbocycles. The molecule has 1 heterocycles. The monoisotopic (exact) mass is 300 g/mol. The molecule has 4 nitrogen and oxygen atoms in total. The number of aryl methyl sites for hydroxylation is 1. The summed E-state index contributed by atoms with van der Waals surface area (Å²) in [4.78, 5) is 4.59. The second kappa shape index (κ2) is 5.61. The zero-order valence-corrected chi connectivity index (χ0v) is 13.0. The summed E-state index contributed by atoms with van der Waals surface area (Å²) in [7, 11) is 3.29. The third-order valence-electron chi connectivity index (χ3n) is 3.19. The van der Waals surface area contributed by atoms with Gasteiger partial charge >= 0.3 is 0 Å². The van der Waals surface area contributed by atoms with Crippen molar-refractivity contribution in [1.82, 2.24) is 4.98 Å². The quantitative estimate of drug-likeness (QED) is 0.777. The fourth-order valence-electron chi connectivity index (χ4n) is 2.11. The van der Waals surface area contributed by atoms with E-state index in [9.17, 15) is 0 Å². The molecule has 21 heavy (non-hydrogen) atoms. The SMILES string of the molecule is COc1ccc(OC)c(Nc2nc3ccc(C)cc3s2)c1. The van der Waals surface area contributed by atoms with Crippen molar-refractivity contribution in [2.45, 2.75) is 6.92 Å². The number of rotatable bonds is 4. The number of thiazole rings is 1. The maximum absolute atomic E-state index is 5.37. The van der Waals surface area contributed by atoms with Gasteiger partial charge in [0.25, 0.3) is 0 Å². The van der Waals surface area contributed by atoms with Crippen LogP contribution in [0.4, 0.5) is 10.8 Å². The second-order valence-corrected chi connectivity index (χ2v) is 5.71. The Kier molecular flexibility index (Phi) is 3.66. The van der Waals surface area contributed by atoms with Gasteiger partial charge in [-0.05, 0) is 36.8 Å². The highest BCUT2D eigenvalue weighted by Gasteiger charge is 2.09. The minimum Gasteiger partial charge on any atom is -0.497 e. The van der Waals surface area contributed by atoms with Crippen LogP contribution in [-0.4, -0.2) is 19.2 Å². The third kappa shape index (κ3) is 2.78. The number of fused-ring (bicyclic) bond motifs is 1. The van der Waals surface area contributed by atoms with Gasteiger partial charge in [0.1, 0.15) is 11.5 Å². The molecule has 3 aromatic rings. The van der Waals surface area contributed by atoms with Crippen molar-refractivity contribution in [3.8, 4) is 11.5 Å². The molecule has 0 amide bonds. The largest absolute Gasteiger partial charge is 0.497 e. The van der Waals surface area contributed by atoms with E-state index in [1.807, 2.05) is 24.3 Å². The number of hydrogen-bond acceptors (Lipinski definition) is 5. The van der Waals surface area contributed by atoms with E-state index in [2.05, 4.69) is 29.4 Å². The van der Waals surface area contributed by atoms with Crippen molar-refractivity contribution in [3.63, 3.8) is 0 Å². The van der Waals surface area contributed by atoms with Crippen LogP contribution in [0.15, 0.2) is 36.4 Å². The summed E-state index contributed by atoms with van der Waals surface area (Å²) in [5.41, 5.74) is 3.07. The molecule has 0 radical (unpaired) electrons. The van der Waals surface area contributed by atoms with Crippen molar-refractivity contribution < 1.29 is 9.47 Å². The lowest BCUT2D eigenvalue weighted by Gasteiger charge is -2.10. The highest BCUT2D eigenvalue weighted by Crippen LogP contribution is 2.34. The first-order chi connectivity index (χ1) is 10.2. The molecule has 0 unspecified atom stereocenters. The number of hydrogen-bond donors (Lipinski definition) is 1. The minimum absolute atomic E-state index is 0.756. The highest BCUT2D eigenvalue weighted by atomic mass is 32.1. The molecule has 0 bridgehead atoms. The molecule has 3 rings (SSSR count). The van der Waals surface area contributed by atoms with Gasteiger partial charge < -0.3 is 14.8 Å². The number of nitrogens with zero attached hydrogens (tertiary/aromatic N) is 1. The minimum atomic E-state index is 0.756. The lowest BCUT2D eigenvalue weighted by molar-refractivity contribution is 0.405. The standard InChI is InChI=1S/C16H16N2O2S/c1-10-4-6-12-15(8-10)21-16(17-12)18-13-9-11(19-2)5-7-14(13)20-3/h4-9H,1-3H3,(H,17,18). The van der Waals surface area contributed by atoms with Gasteiger partial charge in [0.2, 0.25) is 0 Å². The Morgan fingerprint density at radius 1 is 1.05 bits per heavy atom. The summed E-state index contributed by atoms with van der Waals surface area (Å²) in [5, 5.41) is 4.14. The average molecular weight is 300 g/mol. The van der Waals surface area contributed by atoms with Gasteiger partial charge in [-0.1, -0.05) is 17.4 Å². The van der Waals surface area contributed by atoms with E-state index in [4.69, 9.17) is 9.47 Å². The predicted octanol–water partition coefficient (Wildman–Crippen LogP) is 4.37. The Labute approximate surface area is 127 Å². The Bertz CT molecular complexity index is 783. The molecule has 0 atom stereocenters. The van der Waals surface area contributed by atoms with Gasteiger partial charge in [0.05, 0.1) is 30.1 Å². The van der Waals surface area contributed by atoms with E-state index in [0.717, 1.165) is 27.8 Å². The molecule has 0 aliphatic carbocycles. The summed E-state index contributed by atoms with van der Waals surface area (Å²) in [6.07, 6.45) is 0. The van der Waals surface area contributed by atoms with Gasteiger partial charge in [-0.25, -0.2) is 4.98 Å². The summed E-state index contributed by atoms with van der Waals surface area (Å²) in [6.45, 7) is 2.08. The zero-order valence-electron chi connectivity index (χ0n) is 12.1. The predicted molar refractivity (Wildman–Crippen MR) is 87.2 cm³/mol. The van der Waals surface area contributed by atoms with E-state index >= 15 is 0 Å². The van der Waals surface area contributed by atoms with Crippen LogP contribution < -0.4 is 14.8 Å². The summed E-state index contributed by atoms with van der Waals surface area (Å²) >= 11 is 1.62. The van der Waals surface area contributed by atoms with Crippen molar-refractivity contribution >= 4 is 32.4 Å². The van der Waals surface area contributed by atoms with Crippen molar-refractivity contribution in [1.29, 1.82) is 0 Å². The lowest BCUT2D eigenvalue weighted by atomic mass is 10.2. The number of benzene rings is 2. The molecular formula is C16H16N2O2S. The number of aromatic nitrogens is 1. The average Bonchev–Trinajstić information content (AvgIpc) is 2.88. The Morgan fingerprint density at radius 3 is 2.67 bits per heavy atom. The molecular weight excluding hydrogens is 284 g/mol. The number of methoxy groups -OCH3 is 2. The third-order valence-corrected chi connectivity index (χ3v) is 4.13. The molecule has 5 heteroatoms. The first-order valence-electron chi connectivity index (χ1n) is 6.56. The van der Waals surface area contributed by atoms with Crippen molar-refractivity contribution in [3.05, 3.63) is 42.0 Å². The van der Waals surface area contributed by atoms with Crippen LogP contribution in [0.2, 0.25) is 0 Å². The first kappa shape index (κ1) is 13.7. The molecule has 0 saturated heterocycles. The van der Waals surface area contributed by atoms with E-state index in [1.54, 1.807) is 25.6 Å². The highest BCUT2D eigenvalue weighted by molar-refractivity contribution is 7.22. The van der Waals surface area contributed by atoms with Gasteiger partial charge in [0, 0.05) is 6.07 Å². The van der Waals surface area contributed by atoms with E-state index < -0.39 is 0 Å². The van der Waals surface area contributed by atoms with Crippen molar-refractivity contribution in [2.75, 3.05) is 19.5 Å². The first-order valence-corrected chi connectivity index (χ1v) is 7.37. The van der Waals surface area contributed by atoms with Crippen LogP contribution in [-0.2, 0) is 0 Å². The van der Waals surface area contributed by atoms with Gasteiger partial charge in [0.15, 0.2) is 5.13 Å². The van der Waals surface area contributed by atoms with Crippen molar-refractivity contribution in [2.24, 2.45) is 0 Å².